The van der Waals surface area contributed by atoms with E-state index < -0.39 is 12.1 Å². The quantitative estimate of drug-likeness (QED) is 0.744. The summed E-state index contributed by atoms with van der Waals surface area (Å²) in [5.74, 6) is -0.730. The molecule has 0 aliphatic heterocycles. The molecular formula is C20H22FNO4S. The first-order valence-corrected chi connectivity index (χ1v) is 9.81. The largest absolute Gasteiger partial charge is 0.481 e. The SMILES string of the molecule is CC[C@H](Oc1ccc(F)cc1)C(=O)Nc1sc2c(c1C(=O)OC)CCCC2. The number of hydrogen-bond acceptors (Lipinski definition) is 5. The first kappa shape index (κ1) is 19.4. The number of methoxy groups -OCH3 is 1. The third kappa shape index (κ3) is 4.30. The molecule has 1 aromatic carbocycles. The Morgan fingerprint density at radius 1 is 1.22 bits per heavy atom. The van der Waals surface area contributed by atoms with E-state index >= 15 is 0 Å². The Hall–Kier alpha value is -2.41. The number of carbonyl (C=O) groups is 2. The fourth-order valence-corrected chi connectivity index (χ4v) is 4.44. The minimum atomic E-state index is -0.750. The summed E-state index contributed by atoms with van der Waals surface area (Å²) in [6, 6.07) is 5.52. The van der Waals surface area contributed by atoms with Crippen LogP contribution >= 0.6 is 11.3 Å². The van der Waals surface area contributed by atoms with E-state index in [-0.39, 0.29) is 11.7 Å². The number of rotatable bonds is 6. The number of amides is 1. The first-order chi connectivity index (χ1) is 13.0. The van der Waals surface area contributed by atoms with Crippen LogP contribution in [0.15, 0.2) is 24.3 Å². The lowest BCUT2D eigenvalue weighted by atomic mass is 9.95. The molecule has 1 N–H and O–H groups in total. The monoisotopic (exact) mass is 391 g/mol. The number of halogens is 1. The van der Waals surface area contributed by atoms with Gasteiger partial charge in [-0.2, -0.15) is 0 Å². The second-order valence-electron chi connectivity index (χ2n) is 6.36. The Morgan fingerprint density at radius 2 is 1.93 bits per heavy atom. The van der Waals surface area contributed by atoms with Crippen molar-refractivity contribution < 1.29 is 23.5 Å². The summed E-state index contributed by atoms with van der Waals surface area (Å²) >= 11 is 1.43. The molecule has 144 valence electrons. The topological polar surface area (TPSA) is 64.6 Å². The predicted molar refractivity (Wildman–Crippen MR) is 102 cm³/mol. The molecule has 7 heteroatoms. The Balaban J connectivity index is 1.80. The van der Waals surface area contributed by atoms with Crippen molar-refractivity contribution >= 4 is 28.2 Å². The lowest BCUT2D eigenvalue weighted by molar-refractivity contribution is -0.122. The van der Waals surface area contributed by atoms with Crippen LogP contribution in [-0.2, 0) is 22.4 Å². The van der Waals surface area contributed by atoms with Crippen LogP contribution in [0.3, 0.4) is 0 Å². The van der Waals surface area contributed by atoms with Crippen LogP contribution in [0.5, 0.6) is 5.75 Å². The van der Waals surface area contributed by atoms with E-state index in [1.807, 2.05) is 6.92 Å². The highest BCUT2D eigenvalue weighted by Gasteiger charge is 2.28. The van der Waals surface area contributed by atoms with Gasteiger partial charge in [0.15, 0.2) is 6.10 Å². The summed E-state index contributed by atoms with van der Waals surface area (Å²) in [6.45, 7) is 1.83. The van der Waals surface area contributed by atoms with Crippen LogP contribution < -0.4 is 10.1 Å². The van der Waals surface area contributed by atoms with E-state index in [9.17, 15) is 14.0 Å². The molecule has 0 saturated heterocycles. The summed E-state index contributed by atoms with van der Waals surface area (Å²) in [5.41, 5.74) is 1.45. The summed E-state index contributed by atoms with van der Waals surface area (Å²) in [7, 11) is 1.34. The van der Waals surface area contributed by atoms with Gasteiger partial charge in [-0.3, -0.25) is 4.79 Å². The minimum Gasteiger partial charge on any atom is -0.481 e. The van der Waals surface area contributed by atoms with Gasteiger partial charge in [-0.15, -0.1) is 11.3 Å². The van der Waals surface area contributed by atoms with Gasteiger partial charge in [0.05, 0.1) is 12.7 Å². The van der Waals surface area contributed by atoms with Crippen LogP contribution in [0, 0.1) is 5.82 Å². The zero-order valence-corrected chi connectivity index (χ0v) is 16.2. The van der Waals surface area contributed by atoms with E-state index in [0.29, 0.717) is 22.7 Å². The maximum absolute atomic E-state index is 13.0. The molecule has 3 rings (SSSR count). The molecule has 0 saturated carbocycles. The molecule has 1 atom stereocenters. The molecule has 5 nitrogen and oxygen atoms in total. The first-order valence-electron chi connectivity index (χ1n) is 8.99. The van der Waals surface area contributed by atoms with E-state index in [4.69, 9.17) is 9.47 Å². The molecular weight excluding hydrogens is 369 g/mol. The number of thiophene rings is 1. The van der Waals surface area contributed by atoms with Crippen molar-refractivity contribution in [2.75, 3.05) is 12.4 Å². The number of nitrogens with one attached hydrogen (secondary N) is 1. The van der Waals surface area contributed by atoms with Crippen molar-refractivity contribution in [1.82, 2.24) is 0 Å². The van der Waals surface area contributed by atoms with Gasteiger partial charge < -0.3 is 14.8 Å². The highest BCUT2D eigenvalue weighted by molar-refractivity contribution is 7.17. The fraction of sp³-hybridized carbons (Fsp3) is 0.400. The van der Waals surface area contributed by atoms with Crippen LogP contribution in [0.4, 0.5) is 9.39 Å². The van der Waals surface area contributed by atoms with E-state index in [1.54, 1.807) is 0 Å². The number of carbonyl (C=O) groups excluding carboxylic acids is 2. The number of fused-ring (bicyclic) bond motifs is 1. The molecule has 1 aliphatic rings. The second-order valence-corrected chi connectivity index (χ2v) is 7.47. The summed E-state index contributed by atoms with van der Waals surface area (Å²) in [6.07, 6.45) is 3.50. The Morgan fingerprint density at radius 3 is 2.59 bits per heavy atom. The molecule has 0 unspecified atom stereocenters. The van der Waals surface area contributed by atoms with Gasteiger partial charge in [-0.1, -0.05) is 6.92 Å². The summed E-state index contributed by atoms with van der Waals surface area (Å²) in [4.78, 5) is 26.1. The maximum Gasteiger partial charge on any atom is 0.341 e. The minimum absolute atomic E-state index is 0.342. The van der Waals surface area contributed by atoms with Crippen molar-refractivity contribution in [3.63, 3.8) is 0 Å². The van der Waals surface area contributed by atoms with Gasteiger partial charge in [-0.05, 0) is 61.9 Å². The molecule has 1 aromatic heterocycles. The molecule has 0 bridgehead atoms. The number of esters is 1. The normalized spacial score (nSPS) is 14.2. The van der Waals surface area contributed by atoms with Crippen molar-refractivity contribution in [3.8, 4) is 5.75 Å². The van der Waals surface area contributed by atoms with Crippen molar-refractivity contribution in [2.24, 2.45) is 0 Å². The molecule has 0 spiro atoms. The average Bonchev–Trinajstić information content (AvgIpc) is 3.04. The second kappa shape index (κ2) is 8.52. The van der Waals surface area contributed by atoms with Gasteiger partial charge in [0.1, 0.15) is 16.6 Å². The number of aryl methyl sites for hydroxylation is 1. The maximum atomic E-state index is 13.0. The Kier molecular flexibility index (Phi) is 6.11. The fourth-order valence-electron chi connectivity index (χ4n) is 3.16. The molecule has 2 aromatic rings. The zero-order valence-electron chi connectivity index (χ0n) is 15.3. The zero-order chi connectivity index (χ0) is 19.4. The number of benzene rings is 1. The molecule has 1 heterocycles. The van der Waals surface area contributed by atoms with Crippen LogP contribution in [0.1, 0.15) is 47.0 Å². The van der Waals surface area contributed by atoms with Gasteiger partial charge in [0, 0.05) is 4.88 Å². The van der Waals surface area contributed by atoms with Gasteiger partial charge in [-0.25, -0.2) is 9.18 Å². The Labute approximate surface area is 161 Å². The number of hydrogen-bond donors (Lipinski definition) is 1. The van der Waals surface area contributed by atoms with Crippen LogP contribution in [0.2, 0.25) is 0 Å². The average molecular weight is 391 g/mol. The smallest absolute Gasteiger partial charge is 0.341 e. The molecule has 0 radical (unpaired) electrons. The van der Waals surface area contributed by atoms with Gasteiger partial charge in [0.2, 0.25) is 0 Å². The van der Waals surface area contributed by atoms with Gasteiger partial charge in [0.25, 0.3) is 5.91 Å². The summed E-state index contributed by atoms with van der Waals surface area (Å²) in [5, 5.41) is 3.36. The molecule has 1 aliphatic carbocycles. The van der Waals surface area contributed by atoms with Crippen LogP contribution in [0.25, 0.3) is 0 Å². The van der Waals surface area contributed by atoms with Gasteiger partial charge >= 0.3 is 5.97 Å². The van der Waals surface area contributed by atoms with E-state index in [1.165, 1.54) is 42.7 Å². The molecule has 27 heavy (non-hydrogen) atoms. The molecule has 0 fully saturated rings. The highest BCUT2D eigenvalue weighted by Crippen LogP contribution is 2.38. The third-order valence-corrected chi connectivity index (χ3v) is 5.76. The Bertz CT molecular complexity index is 831. The standard InChI is InChI=1S/C20H22FNO4S/c1-3-15(26-13-10-8-12(21)9-11-13)18(23)22-19-17(20(24)25-2)14-6-4-5-7-16(14)27-19/h8-11,15H,3-7H2,1-2H3,(H,22,23)/t15-/m0/s1. The van der Waals surface area contributed by atoms with E-state index in [2.05, 4.69) is 5.32 Å². The lowest BCUT2D eigenvalue weighted by Gasteiger charge is -2.17. The summed E-state index contributed by atoms with van der Waals surface area (Å²) < 4.78 is 23.7. The lowest BCUT2D eigenvalue weighted by Crippen LogP contribution is -2.32. The van der Waals surface area contributed by atoms with Crippen LogP contribution in [-0.4, -0.2) is 25.1 Å². The van der Waals surface area contributed by atoms with Crippen molar-refractivity contribution in [2.45, 2.75) is 45.1 Å². The highest BCUT2D eigenvalue weighted by atomic mass is 32.1. The predicted octanol–water partition coefficient (Wildman–Crippen LogP) is 4.35. The molecule has 1 amide bonds. The number of anilines is 1. The number of ether oxygens (including phenoxy) is 2. The van der Waals surface area contributed by atoms with E-state index in [0.717, 1.165) is 36.1 Å². The van der Waals surface area contributed by atoms with Crippen molar-refractivity contribution in [3.05, 3.63) is 46.1 Å². The van der Waals surface area contributed by atoms with Crippen molar-refractivity contribution in [1.29, 1.82) is 0 Å². The third-order valence-electron chi connectivity index (χ3n) is 4.55.